The number of ether oxygens (including phenoxy) is 1. The van der Waals surface area contributed by atoms with Crippen LogP contribution in [0.4, 0.5) is 0 Å². The largest absolute Gasteiger partial charge is 0.465 e. The van der Waals surface area contributed by atoms with Crippen LogP contribution in [0.1, 0.15) is 21.5 Å². The summed E-state index contributed by atoms with van der Waals surface area (Å²) in [5, 5.41) is 0. The third-order valence-corrected chi connectivity index (χ3v) is 2.28. The maximum atomic E-state index is 11.7. The highest BCUT2D eigenvalue weighted by atomic mass is 16.5. The van der Waals surface area contributed by atoms with Crippen molar-refractivity contribution >= 4 is 11.7 Å². The number of hydrogen-bond acceptors (Lipinski definition) is 3. The summed E-state index contributed by atoms with van der Waals surface area (Å²) in [5.74, 6) is -0.387. The minimum atomic E-state index is -0.387. The number of benzene rings is 1. The first-order valence-electron chi connectivity index (χ1n) is 5.14. The molecule has 3 heteroatoms. The van der Waals surface area contributed by atoms with Gasteiger partial charge in [0, 0.05) is 11.8 Å². The van der Waals surface area contributed by atoms with Crippen LogP contribution in [0.15, 0.2) is 48.6 Å². The predicted octanol–water partition coefficient (Wildman–Crippen LogP) is 2.90. The molecule has 0 aromatic heterocycles. The summed E-state index contributed by atoms with van der Waals surface area (Å²) in [6.07, 6.45) is 3.00. The number of aryl methyl sites for hydroxylation is 1. The molecule has 0 radical (unpaired) electrons. The Labute approximate surface area is 101 Å². The maximum absolute atomic E-state index is 11.7. The standard InChI is InChI=1S/C14H15NO2/c1-5-13(15-6-2)11-8-7-10(3)9-12(11)14(16)17-4/h5-9H,1-2H2,3-4H3. The topological polar surface area (TPSA) is 38.7 Å². The van der Waals surface area contributed by atoms with E-state index in [9.17, 15) is 4.79 Å². The van der Waals surface area contributed by atoms with Gasteiger partial charge in [-0.2, -0.15) is 0 Å². The van der Waals surface area contributed by atoms with Crippen molar-refractivity contribution in [2.45, 2.75) is 6.92 Å². The van der Waals surface area contributed by atoms with Gasteiger partial charge in [-0.15, -0.1) is 0 Å². The number of carbonyl (C=O) groups is 1. The molecule has 1 aromatic rings. The van der Waals surface area contributed by atoms with Gasteiger partial charge in [0.25, 0.3) is 0 Å². The molecule has 0 spiro atoms. The summed E-state index contributed by atoms with van der Waals surface area (Å²) in [6, 6.07) is 5.50. The predicted molar refractivity (Wildman–Crippen MR) is 69.4 cm³/mol. The Kier molecular flexibility index (Phi) is 4.40. The highest BCUT2D eigenvalue weighted by molar-refractivity contribution is 6.14. The van der Waals surface area contributed by atoms with Crippen molar-refractivity contribution in [3.05, 3.63) is 60.3 Å². The Hall–Kier alpha value is -2.16. The van der Waals surface area contributed by atoms with Gasteiger partial charge in [-0.25, -0.2) is 4.79 Å². The van der Waals surface area contributed by atoms with Gasteiger partial charge in [0.1, 0.15) is 0 Å². The molecular weight excluding hydrogens is 214 g/mol. The van der Waals surface area contributed by atoms with E-state index >= 15 is 0 Å². The van der Waals surface area contributed by atoms with Crippen molar-refractivity contribution in [2.24, 2.45) is 4.99 Å². The molecule has 0 N–H and O–H groups in total. The van der Waals surface area contributed by atoms with E-state index in [4.69, 9.17) is 4.74 Å². The molecule has 0 atom stereocenters. The molecule has 1 aromatic carbocycles. The molecule has 88 valence electrons. The molecule has 0 aliphatic rings. The van der Waals surface area contributed by atoms with Crippen LogP contribution in [0.25, 0.3) is 0 Å². The molecule has 0 unspecified atom stereocenters. The summed E-state index contributed by atoms with van der Waals surface area (Å²) < 4.78 is 4.75. The highest BCUT2D eigenvalue weighted by Gasteiger charge is 2.14. The van der Waals surface area contributed by atoms with Crippen LogP contribution in [0.5, 0.6) is 0 Å². The minimum Gasteiger partial charge on any atom is -0.465 e. The molecule has 0 bridgehead atoms. The molecule has 0 aliphatic carbocycles. The van der Waals surface area contributed by atoms with E-state index < -0.39 is 0 Å². The number of allylic oxidation sites excluding steroid dienone is 1. The van der Waals surface area contributed by atoms with Gasteiger partial charge in [0.15, 0.2) is 0 Å². The fourth-order valence-electron chi connectivity index (χ4n) is 1.49. The van der Waals surface area contributed by atoms with Crippen LogP contribution in [-0.4, -0.2) is 18.8 Å². The summed E-state index contributed by atoms with van der Waals surface area (Å²) >= 11 is 0. The Bertz CT molecular complexity index is 487. The van der Waals surface area contributed by atoms with Gasteiger partial charge in [0.2, 0.25) is 0 Å². The summed E-state index contributed by atoms with van der Waals surface area (Å²) in [6.45, 7) is 9.12. The Morgan fingerprint density at radius 1 is 1.35 bits per heavy atom. The zero-order chi connectivity index (χ0) is 12.8. The van der Waals surface area contributed by atoms with Gasteiger partial charge in [0.05, 0.1) is 18.4 Å². The molecule has 0 amide bonds. The van der Waals surface area contributed by atoms with E-state index in [1.807, 2.05) is 19.1 Å². The van der Waals surface area contributed by atoms with Crippen LogP contribution < -0.4 is 0 Å². The highest BCUT2D eigenvalue weighted by Crippen LogP contribution is 2.15. The second kappa shape index (κ2) is 5.80. The Morgan fingerprint density at radius 2 is 2.06 bits per heavy atom. The zero-order valence-electron chi connectivity index (χ0n) is 10.1. The second-order valence-electron chi connectivity index (χ2n) is 3.44. The van der Waals surface area contributed by atoms with E-state index in [1.165, 1.54) is 13.3 Å². The molecule has 0 heterocycles. The molecule has 0 saturated carbocycles. The van der Waals surface area contributed by atoms with Crippen LogP contribution in [0.3, 0.4) is 0 Å². The summed E-state index contributed by atoms with van der Waals surface area (Å²) in [4.78, 5) is 15.7. The minimum absolute atomic E-state index is 0.387. The van der Waals surface area contributed by atoms with Crippen LogP contribution in [0, 0.1) is 6.92 Å². The van der Waals surface area contributed by atoms with Crippen molar-refractivity contribution in [2.75, 3.05) is 7.11 Å². The third kappa shape index (κ3) is 2.91. The van der Waals surface area contributed by atoms with Gasteiger partial charge >= 0.3 is 5.97 Å². The van der Waals surface area contributed by atoms with Crippen molar-refractivity contribution in [3.63, 3.8) is 0 Å². The van der Waals surface area contributed by atoms with Gasteiger partial charge < -0.3 is 4.74 Å². The number of esters is 1. The first-order chi connectivity index (χ1) is 8.13. The van der Waals surface area contributed by atoms with E-state index in [0.717, 1.165) is 5.56 Å². The number of hydrogen-bond donors (Lipinski definition) is 0. The Morgan fingerprint density at radius 3 is 2.59 bits per heavy atom. The van der Waals surface area contributed by atoms with E-state index in [2.05, 4.69) is 18.2 Å². The molecular formula is C14H15NO2. The molecule has 0 saturated heterocycles. The summed E-state index contributed by atoms with van der Waals surface area (Å²) in [5.41, 5.74) is 2.75. The quantitative estimate of drug-likeness (QED) is 0.588. The normalized spacial score (nSPS) is 10.8. The number of rotatable bonds is 4. The molecule has 17 heavy (non-hydrogen) atoms. The van der Waals surface area contributed by atoms with Gasteiger partial charge in [-0.3, -0.25) is 4.99 Å². The average molecular weight is 229 g/mol. The monoisotopic (exact) mass is 229 g/mol. The first kappa shape index (κ1) is 12.9. The third-order valence-electron chi connectivity index (χ3n) is 2.28. The number of carbonyl (C=O) groups excluding carboxylic acids is 1. The lowest BCUT2D eigenvalue weighted by Gasteiger charge is -2.08. The van der Waals surface area contributed by atoms with Crippen LogP contribution in [0.2, 0.25) is 0 Å². The lowest BCUT2D eigenvalue weighted by molar-refractivity contribution is 0.0600. The first-order valence-corrected chi connectivity index (χ1v) is 5.14. The van der Waals surface area contributed by atoms with Gasteiger partial charge in [-0.05, 0) is 19.1 Å². The van der Waals surface area contributed by atoms with Crippen molar-refractivity contribution in [3.8, 4) is 0 Å². The number of aliphatic imine (C=N–C) groups is 1. The second-order valence-corrected chi connectivity index (χ2v) is 3.44. The number of methoxy groups -OCH3 is 1. The van der Waals surface area contributed by atoms with Crippen molar-refractivity contribution in [1.82, 2.24) is 0 Å². The van der Waals surface area contributed by atoms with Crippen molar-refractivity contribution < 1.29 is 9.53 Å². The zero-order valence-corrected chi connectivity index (χ0v) is 10.1. The molecule has 3 nitrogen and oxygen atoms in total. The fraction of sp³-hybridized carbons (Fsp3) is 0.143. The van der Waals surface area contributed by atoms with Crippen LogP contribution in [-0.2, 0) is 4.74 Å². The smallest absolute Gasteiger partial charge is 0.338 e. The summed E-state index contributed by atoms with van der Waals surface area (Å²) in [7, 11) is 1.35. The van der Waals surface area contributed by atoms with Crippen LogP contribution >= 0.6 is 0 Å². The van der Waals surface area contributed by atoms with E-state index in [-0.39, 0.29) is 5.97 Å². The molecule has 0 aliphatic heterocycles. The lowest BCUT2D eigenvalue weighted by atomic mass is 10.0. The molecule has 1 rings (SSSR count). The average Bonchev–Trinajstić information content (AvgIpc) is 2.35. The molecule has 0 fully saturated rings. The maximum Gasteiger partial charge on any atom is 0.338 e. The van der Waals surface area contributed by atoms with Crippen molar-refractivity contribution in [1.29, 1.82) is 0 Å². The van der Waals surface area contributed by atoms with Gasteiger partial charge in [-0.1, -0.05) is 30.9 Å². The Balaban J connectivity index is 3.41. The number of nitrogens with zero attached hydrogens (tertiary/aromatic N) is 1. The van der Waals surface area contributed by atoms with E-state index in [0.29, 0.717) is 16.8 Å². The SMILES string of the molecule is C=CN=C(C=C)c1ccc(C)cc1C(=O)OC. The lowest BCUT2D eigenvalue weighted by Crippen LogP contribution is -2.10. The fourth-order valence-corrected chi connectivity index (χ4v) is 1.49. The van der Waals surface area contributed by atoms with E-state index in [1.54, 1.807) is 12.1 Å².